The Morgan fingerprint density at radius 3 is 2.71 bits per heavy atom. The van der Waals surface area contributed by atoms with Crippen LogP contribution >= 0.6 is 11.8 Å². The van der Waals surface area contributed by atoms with E-state index in [1.165, 1.54) is 29.2 Å². The van der Waals surface area contributed by atoms with Crippen LogP contribution in [-0.2, 0) is 9.59 Å². The largest absolute Gasteiger partial charge is 0.395 e. The van der Waals surface area contributed by atoms with Crippen molar-refractivity contribution in [2.24, 2.45) is 0 Å². The summed E-state index contributed by atoms with van der Waals surface area (Å²) in [4.78, 5) is 38.7. The molecule has 1 aromatic carbocycles. The van der Waals surface area contributed by atoms with E-state index >= 15 is 0 Å². The molecule has 1 aliphatic heterocycles. The number of aliphatic hydroxyl groups excluding tert-OH is 1. The molecule has 24 heavy (non-hydrogen) atoms. The number of imide groups is 1. The lowest BCUT2D eigenvalue weighted by atomic mass is 10.2. The van der Waals surface area contributed by atoms with E-state index in [-0.39, 0.29) is 23.6 Å². The Morgan fingerprint density at radius 1 is 1.38 bits per heavy atom. The maximum atomic E-state index is 13.7. The van der Waals surface area contributed by atoms with Crippen LogP contribution in [0.4, 0.5) is 9.18 Å². The third-order valence-electron chi connectivity index (χ3n) is 3.46. The van der Waals surface area contributed by atoms with Crippen LogP contribution in [0.2, 0.25) is 0 Å². The second-order valence-electron chi connectivity index (χ2n) is 4.99. The average molecular weight is 352 g/mol. The Morgan fingerprint density at radius 2 is 2.08 bits per heavy atom. The quantitative estimate of drug-likeness (QED) is 0.789. The SMILES string of the molecule is CCN(CCO)C(=O)CN1C(=O)S/C(=C\c2ccccc2F)C1=O. The Hall–Kier alpha value is -2.19. The third kappa shape index (κ3) is 4.01. The van der Waals surface area contributed by atoms with E-state index in [9.17, 15) is 18.8 Å². The van der Waals surface area contributed by atoms with Crippen molar-refractivity contribution < 1.29 is 23.9 Å². The predicted molar refractivity (Wildman–Crippen MR) is 88.4 cm³/mol. The minimum absolute atomic E-state index is 0.0723. The third-order valence-corrected chi connectivity index (χ3v) is 4.37. The second kappa shape index (κ2) is 8.07. The summed E-state index contributed by atoms with van der Waals surface area (Å²) in [5, 5.41) is 8.35. The molecule has 1 aliphatic rings. The van der Waals surface area contributed by atoms with Crippen LogP contribution < -0.4 is 0 Å². The molecule has 1 fully saturated rings. The number of thioether (sulfide) groups is 1. The maximum Gasteiger partial charge on any atom is 0.294 e. The zero-order valence-corrected chi connectivity index (χ0v) is 13.9. The number of benzene rings is 1. The van der Waals surface area contributed by atoms with Crippen molar-refractivity contribution in [3.05, 3.63) is 40.6 Å². The lowest BCUT2D eigenvalue weighted by Crippen LogP contribution is -2.43. The minimum Gasteiger partial charge on any atom is -0.395 e. The fourth-order valence-electron chi connectivity index (χ4n) is 2.18. The standard InChI is InChI=1S/C16H17FN2O4S/c1-2-18(7-8-20)14(21)10-19-15(22)13(24-16(19)23)9-11-5-3-4-6-12(11)17/h3-6,9,20H,2,7-8,10H2,1H3/b13-9-. The van der Waals surface area contributed by atoms with Gasteiger partial charge in [-0.3, -0.25) is 19.3 Å². The lowest BCUT2D eigenvalue weighted by Gasteiger charge is -2.22. The zero-order chi connectivity index (χ0) is 17.7. The molecule has 3 amide bonds. The molecule has 0 atom stereocenters. The predicted octanol–water partition coefficient (Wildman–Crippen LogP) is 1.70. The van der Waals surface area contributed by atoms with E-state index in [0.29, 0.717) is 18.3 Å². The Bertz CT molecular complexity index is 692. The van der Waals surface area contributed by atoms with E-state index in [4.69, 9.17) is 5.11 Å². The van der Waals surface area contributed by atoms with E-state index in [0.717, 1.165) is 4.90 Å². The first-order valence-electron chi connectivity index (χ1n) is 7.36. The number of halogens is 1. The van der Waals surface area contributed by atoms with Crippen LogP contribution in [0, 0.1) is 5.82 Å². The van der Waals surface area contributed by atoms with Crippen molar-refractivity contribution >= 4 is 34.9 Å². The van der Waals surface area contributed by atoms with Gasteiger partial charge < -0.3 is 10.0 Å². The van der Waals surface area contributed by atoms with Gasteiger partial charge in [0.05, 0.1) is 11.5 Å². The molecule has 1 N–H and O–H groups in total. The van der Waals surface area contributed by atoms with E-state index in [2.05, 4.69) is 0 Å². The molecule has 0 spiro atoms. The van der Waals surface area contributed by atoms with Gasteiger partial charge in [-0.05, 0) is 30.8 Å². The molecular formula is C16H17FN2O4S. The Kier molecular flexibility index (Phi) is 6.10. The molecular weight excluding hydrogens is 335 g/mol. The van der Waals surface area contributed by atoms with Gasteiger partial charge in [0.25, 0.3) is 11.1 Å². The fourth-order valence-corrected chi connectivity index (χ4v) is 3.01. The summed E-state index contributed by atoms with van der Waals surface area (Å²) in [6.07, 6.45) is 1.30. The first kappa shape index (κ1) is 18.2. The number of amides is 3. The first-order valence-corrected chi connectivity index (χ1v) is 8.18. The molecule has 0 saturated carbocycles. The van der Waals surface area contributed by atoms with Crippen molar-refractivity contribution in [1.82, 2.24) is 9.80 Å². The summed E-state index contributed by atoms with van der Waals surface area (Å²) in [5.74, 6) is -1.55. The smallest absolute Gasteiger partial charge is 0.294 e. The lowest BCUT2D eigenvalue weighted by molar-refractivity contribution is -0.136. The molecule has 1 aromatic rings. The first-order chi connectivity index (χ1) is 11.5. The molecule has 6 nitrogen and oxygen atoms in total. The van der Waals surface area contributed by atoms with Gasteiger partial charge in [0, 0.05) is 18.7 Å². The molecule has 128 valence electrons. The molecule has 0 aromatic heterocycles. The summed E-state index contributed by atoms with van der Waals surface area (Å²) in [6, 6.07) is 5.90. The number of carbonyl (C=O) groups excluding carboxylic acids is 3. The summed E-state index contributed by atoms with van der Waals surface area (Å²) < 4.78 is 13.7. The van der Waals surface area contributed by atoms with Gasteiger partial charge in [-0.15, -0.1) is 0 Å². The Balaban J connectivity index is 2.14. The number of aliphatic hydroxyl groups is 1. The number of carbonyl (C=O) groups is 3. The normalized spacial score (nSPS) is 16.1. The molecule has 1 saturated heterocycles. The van der Waals surface area contributed by atoms with Crippen molar-refractivity contribution in [2.75, 3.05) is 26.2 Å². The summed E-state index contributed by atoms with van der Waals surface area (Å²) >= 11 is 0.672. The van der Waals surface area contributed by atoms with Crippen molar-refractivity contribution in [3.63, 3.8) is 0 Å². The van der Waals surface area contributed by atoms with Gasteiger partial charge in [-0.2, -0.15) is 0 Å². The highest BCUT2D eigenvalue weighted by atomic mass is 32.2. The van der Waals surface area contributed by atoms with Crippen LogP contribution in [-0.4, -0.2) is 58.2 Å². The fraction of sp³-hybridized carbons (Fsp3) is 0.312. The maximum absolute atomic E-state index is 13.7. The van der Waals surface area contributed by atoms with E-state index in [1.807, 2.05) is 0 Å². The van der Waals surface area contributed by atoms with Gasteiger partial charge in [0.2, 0.25) is 5.91 Å². The van der Waals surface area contributed by atoms with Crippen molar-refractivity contribution in [2.45, 2.75) is 6.92 Å². The summed E-state index contributed by atoms with van der Waals surface area (Å²) in [5.41, 5.74) is 0.199. The van der Waals surface area contributed by atoms with Gasteiger partial charge in [0.1, 0.15) is 12.4 Å². The molecule has 0 bridgehead atoms. The molecule has 2 rings (SSSR count). The van der Waals surface area contributed by atoms with Crippen LogP contribution in [0.1, 0.15) is 12.5 Å². The Labute approximate surface area is 142 Å². The number of rotatable bonds is 6. The number of hydrogen-bond donors (Lipinski definition) is 1. The minimum atomic E-state index is -0.623. The molecule has 8 heteroatoms. The average Bonchev–Trinajstić information content (AvgIpc) is 2.82. The molecule has 0 radical (unpaired) electrons. The number of likely N-dealkylation sites (N-methyl/N-ethyl adjacent to an activating group) is 1. The highest BCUT2D eigenvalue weighted by Crippen LogP contribution is 2.32. The second-order valence-corrected chi connectivity index (χ2v) is 5.98. The van der Waals surface area contributed by atoms with E-state index < -0.39 is 29.4 Å². The summed E-state index contributed by atoms with van der Waals surface area (Å²) in [6.45, 7) is 1.64. The zero-order valence-electron chi connectivity index (χ0n) is 13.1. The van der Waals surface area contributed by atoms with Crippen LogP contribution in [0.3, 0.4) is 0 Å². The van der Waals surface area contributed by atoms with Crippen LogP contribution in [0.25, 0.3) is 6.08 Å². The van der Waals surface area contributed by atoms with E-state index in [1.54, 1.807) is 13.0 Å². The van der Waals surface area contributed by atoms with Crippen LogP contribution in [0.15, 0.2) is 29.2 Å². The van der Waals surface area contributed by atoms with Gasteiger partial charge in [-0.25, -0.2) is 4.39 Å². The van der Waals surface area contributed by atoms with Gasteiger partial charge in [-0.1, -0.05) is 18.2 Å². The number of hydrogen-bond acceptors (Lipinski definition) is 5. The molecule has 1 heterocycles. The molecule has 0 aliphatic carbocycles. The molecule has 0 unspecified atom stereocenters. The topological polar surface area (TPSA) is 77.9 Å². The van der Waals surface area contributed by atoms with Gasteiger partial charge >= 0.3 is 0 Å². The van der Waals surface area contributed by atoms with Crippen molar-refractivity contribution in [1.29, 1.82) is 0 Å². The van der Waals surface area contributed by atoms with Crippen molar-refractivity contribution in [3.8, 4) is 0 Å². The number of nitrogens with zero attached hydrogens (tertiary/aromatic N) is 2. The summed E-state index contributed by atoms with van der Waals surface area (Å²) in [7, 11) is 0. The monoisotopic (exact) mass is 352 g/mol. The van der Waals surface area contributed by atoms with Crippen LogP contribution in [0.5, 0.6) is 0 Å². The highest BCUT2D eigenvalue weighted by molar-refractivity contribution is 8.18. The van der Waals surface area contributed by atoms with Gasteiger partial charge in [0.15, 0.2) is 0 Å². The highest BCUT2D eigenvalue weighted by Gasteiger charge is 2.37.